The van der Waals surface area contributed by atoms with Gasteiger partial charge in [0.15, 0.2) is 5.82 Å². The van der Waals surface area contributed by atoms with E-state index in [0.717, 1.165) is 5.82 Å². The normalized spacial score (nSPS) is 11.0. The van der Waals surface area contributed by atoms with Crippen molar-refractivity contribution in [2.75, 3.05) is 0 Å². The third kappa shape index (κ3) is 3.54. The molecule has 4 rings (SSSR count). The van der Waals surface area contributed by atoms with Crippen LogP contribution in [0.4, 0.5) is 4.39 Å². The lowest BCUT2D eigenvalue weighted by Gasteiger charge is -2.16. The summed E-state index contributed by atoms with van der Waals surface area (Å²) in [4.78, 5) is 4.58. The molecule has 4 heteroatoms. The molecule has 0 atom stereocenters. The van der Waals surface area contributed by atoms with Crippen molar-refractivity contribution < 1.29 is 4.39 Å². The zero-order valence-electron chi connectivity index (χ0n) is 14.1. The van der Waals surface area contributed by atoms with Crippen LogP contribution in [0.25, 0.3) is 11.4 Å². The Labute approximate surface area is 151 Å². The number of nitrogens with zero attached hydrogens (tertiary/aromatic N) is 2. The highest BCUT2D eigenvalue weighted by atomic mass is 19.1. The first-order valence-corrected chi connectivity index (χ1v) is 8.57. The van der Waals surface area contributed by atoms with Gasteiger partial charge in [0.25, 0.3) is 0 Å². The molecular weight excluding hydrogens is 325 g/mol. The van der Waals surface area contributed by atoms with Crippen LogP contribution in [-0.4, -0.2) is 15.2 Å². The van der Waals surface area contributed by atoms with Gasteiger partial charge in [-0.1, -0.05) is 72.8 Å². The van der Waals surface area contributed by atoms with E-state index >= 15 is 0 Å². The molecular formula is C22H18FN3. The SMILES string of the molecule is Fc1cccc(-c2n[nH]c(CC(c3ccccc3)c3ccccc3)n2)c1. The third-order valence-electron chi connectivity index (χ3n) is 4.42. The maximum atomic E-state index is 13.4. The lowest BCUT2D eigenvalue weighted by atomic mass is 9.88. The Morgan fingerprint density at radius 3 is 2.08 bits per heavy atom. The summed E-state index contributed by atoms with van der Waals surface area (Å²) >= 11 is 0. The summed E-state index contributed by atoms with van der Waals surface area (Å²) in [5, 5.41) is 7.28. The Hall–Kier alpha value is -3.27. The second-order valence-corrected chi connectivity index (χ2v) is 6.19. The lowest BCUT2D eigenvalue weighted by Crippen LogP contribution is -2.06. The Morgan fingerprint density at radius 2 is 1.46 bits per heavy atom. The number of nitrogens with one attached hydrogen (secondary N) is 1. The van der Waals surface area contributed by atoms with Crippen LogP contribution in [-0.2, 0) is 6.42 Å². The summed E-state index contributed by atoms with van der Waals surface area (Å²) in [5.74, 6) is 1.17. The predicted octanol–water partition coefficient (Wildman–Crippen LogP) is 4.99. The molecule has 0 fully saturated rings. The van der Waals surface area contributed by atoms with E-state index in [2.05, 4.69) is 39.4 Å². The van der Waals surface area contributed by atoms with E-state index in [1.807, 2.05) is 42.5 Å². The fourth-order valence-electron chi connectivity index (χ4n) is 3.14. The molecule has 0 bridgehead atoms. The van der Waals surface area contributed by atoms with Crippen LogP contribution in [0.5, 0.6) is 0 Å². The van der Waals surface area contributed by atoms with E-state index in [9.17, 15) is 4.39 Å². The highest BCUT2D eigenvalue weighted by Crippen LogP contribution is 2.28. The highest BCUT2D eigenvalue weighted by Gasteiger charge is 2.17. The number of aromatic nitrogens is 3. The van der Waals surface area contributed by atoms with E-state index in [4.69, 9.17) is 0 Å². The molecule has 128 valence electrons. The van der Waals surface area contributed by atoms with E-state index in [1.54, 1.807) is 6.07 Å². The van der Waals surface area contributed by atoms with Crippen molar-refractivity contribution in [2.24, 2.45) is 0 Å². The van der Waals surface area contributed by atoms with Crippen molar-refractivity contribution in [2.45, 2.75) is 12.3 Å². The fraction of sp³-hybridized carbons (Fsp3) is 0.0909. The molecule has 1 aromatic heterocycles. The summed E-state index contributed by atoms with van der Waals surface area (Å²) in [6.45, 7) is 0. The molecule has 4 aromatic rings. The minimum atomic E-state index is -0.291. The number of rotatable bonds is 5. The van der Waals surface area contributed by atoms with Crippen molar-refractivity contribution in [3.63, 3.8) is 0 Å². The number of H-pyrrole nitrogens is 1. The summed E-state index contributed by atoms with van der Waals surface area (Å²) in [7, 11) is 0. The van der Waals surface area contributed by atoms with Gasteiger partial charge in [0, 0.05) is 17.9 Å². The smallest absolute Gasteiger partial charge is 0.181 e. The van der Waals surface area contributed by atoms with Crippen molar-refractivity contribution >= 4 is 0 Å². The van der Waals surface area contributed by atoms with Gasteiger partial charge in [0.1, 0.15) is 11.6 Å². The Kier molecular flexibility index (Phi) is 4.56. The van der Waals surface area contributed by atoms with Crippen LogP contribution in [0.3, 0.4) is 0 Å². The standard InChI is InChI=1S/C22H18FN3/c23-19-13-7-12-18(14-19)22-24-21(25-26-22)15-20(16-8-3-1-4-9-16)17-10-5-2-6-11-17/h1-14,20H,15H2,(H,24,25,26). The van der Waals surface area contributed by atoms with Crippen molar-refractivity contribution in [3.05, 3.63) is 108 Å². The van der Waals surface area contributed by atoms with Crippen LogP contribution in [0, 0.1) is 5.82 Å². The van der Waals surface area contributed by atoms with Gasteiger partial charge < -0.3 is 0 Å². The fourth-order valence-corrected chi connectivity index (χ4v) is 3.14. The number of benzene rings is 3. The van der Waals surface area contributed by atoms with Gasteiger partial charge in [-0.15, -0.1) is 0 Å². The van der Waals surface area contributed by atoms with Crippen LogP contribution in [0.2, 0.25) is 0 Å². The molecule has 0 aliphatic heterocycles. The van der Waals surface area contributed by atoms with Crippen LogP contribution in [0.1, 0.15) is 22.9 Å². The average molecular weight is 343 g/mol. The first-order valence-electron chi connectivity index (χ1n) is 8.57. The molecule has 1 N–H and O–H groups in total. The van der Waals surface area contributed by atoms with Crippen LogP contribution in [0.15, 0.2) is 84.9 Å². The van der Waals surface area contributed by atoms with Crippen molar-refractivity contribution in [3.8, 4) is 11.4 Å². The topological polar surface area (TPSA) is 41.6 Å². The molecule has 3 nitrogen and oxygen atoms in total. The molecule has 0 aliphatic carbocycles. The molecule has 0 aliphatic rings. The highest BCUT2D eigenvalue weighted by molar-refractivity contribution is 5.54. The van der Waals surface area contributed by atoms with E-state index in [-0.39, 0.29) is 11.7 Å². The molecule has 0 radical (unpaired) electrons. The van der Waals surface area contributed by atoms with E-state index < -0.39 is 0 Å². The summed E-state index contributed by atoms with van der Waals surface area (Å²) in [6, 6.07) is 27.0. The summed E-state index contributed by atoms with van der Waals surface area (Å²) in [6.07, 6.45) is 0.691. The van der Waals surface area contributed by atoms with E-state index in [0.29, 0.717) is 17.8 Å². The van der Waals surface area contributed by atoms with Gasteiger partial charge in [-0.25, -0.2) is 9.37 Å². The number of hydrogen-bond donors (Lipinski definition) is 1. The Morgan fingerprint density at radius 1 is 0.808 bits per heavy atom. The lowest BCUT2D eigenvalue weighted by molar-refractivity contribution is 0.628. The quantitative estimate of drug-likeness (QED) is 0.555. The second-order valence-electron chi connectivity index (χ2n) is 6.19. The minimum Gasteiger partial charge on any atom is -0.263 e. The molecule has 0 saturated heterocycles. The molecule has 1 heterocycles. The summed E-state index contributed by atoms with van der Waals surface area (Å²) in [5.41, 5.74) is 3.12. The van der Waals surface area contributed by atoms with Gasteiger partial charge in [-0.05, 0) is 23.3 Å². The number of hydrogen-bond acceptors (Lipinski definition) is 2. The maximum Gasteiger partial charge on any atom is 0.181 e. The molecule has 26 heavy (non-hydrogen) atoms. The monoisotopic (exact) mass is 343 g/mol. The van der Waals surface area contributed by atoms with Gasteiger partial charge >= 0.3 is 0 Å². The Bertz CT molecular complexity index is 941. The van der Waals surface area contributed by atoms with Crippen molar-refractivity contribution in [1.82, 2.24) is 15.2 Å². The molecule has 0 saturated carbocycles. The van der Waals surface area contributed by atoms with Gasteiger partial charge in [0.2, 0.25) is 0 Å². The van der Waals surface area contributed by atoms with E-state index in [1.165, 1.54) is 23.3 Å². The van der Waals surface area contributed by atoms with Gasteiger partial charge in [-0.2, -0.15) is 5.10 Å². The largest absolute Gasteiger partial charge is 0.263 e. The molecule has 0 unspecified atom stereocenters. The zero-order chi connectivity index (χ0) is 17.8. The molecule has 3 aromatic carbocycles. The van der Waals surface area contributed by atoms with Crippen molar-refractivity contribution in [1.29, 1.82) is 0 Å². The first-order chi connectivity index (χ1) is 12.8. The third-order valence-corrected chi connectivity index (χ3v) is 4.42. The average Bonchev–Trinajstić information content (AvgIpc) is 3.16. The first kappa shape index (κ1) is 16.2. The second kappa shape index (κ2) is 7.31. The predicted molar refractivity (Wildman–Crippen MR) is 100 cm³/mol. The van der Waals surface area contributed by atoms with Gasteiger partial charge in [0.05, 0.1) is 0 Å². The summed E-state index contributed by atoms with van der Waals surface area (Å²) < 4.78 is 13.4. The molecule has 0 amide bonds. The van der Waals surface area contributed by atoms with Crippen LogP contribution >= 0.6 is 0 Å². The molecule has 0 spiro atoms. The Balaban J connectivity index is 1.65. The van der Waals surface area contributed by atoms with Gasteiger partial charge in [-0.3, -0.25) is 5.10 Å². The number of halogens is 1. The zero-order valence-corrected chi connectivity index (χ0v) is 14.1. The van der Waals surface area contributed by atoms with Crippen LogP contribution < -0.4 is 0 Å². The number of aromatic amines is 1. The maximum absolute atomic E-state index is 13.4. The minimum absolute atomic E-state index is 0.172.